The second-order valence-corrected chi connectivity index (χ2v) is 3.66. The quantitative estimate of drug-likeness (QED) is 0.834. The predicted octanol–water partition coefficient (Wildman–Crippen LogP) is 0.652. The number of hydrogen-bond acceptors (Lipinski definition) is 5. The zero-order valence-electron chi connectivity index (χ0n) is 10.3. The Hall–Kier alpha value is -1.86. The van der Waals surface area contributed by atoms with E-state index in [1.165, 1.54) is 12.1 Å². The first-order valence-electron chi connectivity index (χ1n) is 5.57. The molecule has 1 aromatic heterocycles. The van der Waals surface area contributed by atoms with E-state index in [9.17, 15) is 10.1 Å². The van der Waals surface area contributed by atoms with E-state index in [-0.39, 0.29) is 42.5 Å². The van der Waals surface area contributed by atoms with Gasteiger partial charge in [-0.15, -0.1) is 12.4 Å². The molecule has 104 valence electrons. The zero-order valence-corrected chi connectivity index (χ0v) is 11.1. The minimum Gasteiger partial charge on any atom is -0.772 e. The molecule has 0 aliphatic carbocycles. The SMILES string of the molecule is CCc1nn([O-])c2ccc(OCCO)cc2[n+]1=O.Cl. The van der Waals surface area contributed by atoms with Gasteiger partial charge in [-0.3, -0.25) is 0 Å². The van der Waals surface area contributed by atoms with Crippen molar-refractivity contribution in [3.8, 4) is 5.75 Å². The summed E-state index contributed by atoms with van der Waals surface area (Å²) in [5.41, 5.74) is 0.380. The van der Waals surface area contributed by atoms with Crippen LogP contribution in [0.15, 0.2) is 18.2 Å². The number of aryl methyl sites for hydroxylation is 1. The summed E-state index contributed by atoms with van der Waals surface area (Å²) in [4.78, 5) is 12.4. The lowest BCUT2D eigenvalue weighted by Gasteiger charge is -2.08. The van der Waals surface area contributed by atoms with E-state index in [4.69, 9.17) is 9.84 Å². The summed E-state index contributed by atoms with van der Waals surface area (Å²) in [6, 6.07) is 4.49. The largest absolute Gasteiger partial charge is 0.772 e. The molecule has 0 saturated carbocycles. The van der Waals surface area contributed by atoms with Gasteiger partial charge in [-0.05, 0) is 12.1 Å². The Kier molecular flexibility index (Phi) is 5.08. The van der Waals surface area contributed by atoms with Gasteiger partial charge in [0, 0.05) is 10.5 Å². The summed E-state index contributed by atoms with van der Waals surface area (Å²) < 4.78 is 5.82. The molecule has 0 spiro atoms. The van der Waals surface area contributed by atoms with E-state index >= 15 is 0 Å². The van der Waals surface area contributed by atoms with Gasteiger partial charge < -0.3 is 15.1 Å². The summed E-state index contributed by atoms with van der Waals surface area (Å²) in [5, 5.41) is 23.9. The second kappa shape index (κ2) is 6.35. The number of nitrogens with zero attached hydrogens (tertiary/aromatic N) is 3. The fourth-order valence-corrected chi connectivity index (χ4v) is 1.63. The van der Waals surface area contributed by atoms with Crippen molar-refractivity contribution in [1.29, 1.82) is 0 Å². The monoisotopic (exact) mass is 287 g/mol. The summed E-state index contributed by atoms with van der Waals surface area (Å²) in [6.07, 6.45) is 0.364. The number of halogens is 1. The average molecular weight is 288 g/mol. The number of rotatable bonds is 4. The molecule has 8 heteroatoms. The van der Waals surface area contributed by atoms with Crippen LogP contribution in [0, 0.1) is 10.1 Å². The van der Waals surface area contributed by atoms with E-state index in [1.54, 1.807) is 13.0 Å². The first kappa shape index (κ1) is 15.2. The molecule has 0 atom stereocenters. The Labute approximate surface area is 115 Å². The highest BCUT2D eigenvalue weighted by atomic mass is 35.5. The molecule has 0 aliphatic rings. The van der Waals surface area contributed by atoms with Crippen LogP contribution >= 0.6 is 12.4 Å². The van der Waals surface area contributed by atoms with Crippen LogP contribution in [0.4, 0.5) is 0 Å². The molecule has 0 saturated heterocycles. The van der Waals surface area contributed by atoms with Crippen LogP contribution in [0.2, 0.25) is 0 Å². The predicted molar refractivity (Wildman–Crippen MR) is 71.1 cm³/mol. The fourth-order valence-electron chi connectivity index (χ4n) is 1.63. The number of aliphatic hydroxyl groups excluding tert-OH is 1. The zero-order chi connectivity index (χ0) is 13.1. The maximum Gasteiger partial charge on any atom is 0.367 e. The highest BCUT2D eigenvalue weighted by Crippen LogP contribution is 2.17. The number of fused-ring (bicyclic) bond motifs is 1. The first-order valence-corrected chi connectivity index (χ1v) is 5.57. The van der Waals surface area contributed by atoms with Crippen molar-refractivity contribution >= 4 is 23.4 Å². The molecular formula is C11H14ClN3O4. The lowest BCUT2D eigenvalue weighted by molar-refractivity contribution is -0.480. The van der Waals surface area contributed by atoms with Crippen LogP contribution in [0.3, 0.4) is 0 Å². The van der Waals surface area contributed by atoms with Gasteiger partial charge in [-0.2, -0.15) is 4.85 Å². The number of aliphatic hydroxyl groups is 1. The normalized spacial score (nSPS) is 10.2. The molecule has 1 N–H and O–H groups in total. The second-order valence-electron chi connectivity index (χ2n) is 3.66. The van der Waals surface area contributed by atoms with E-state index in [0.717, 1.165) is 0 Å². The molecular weight excluding hydrogens is 274 g/mol. The van der Waals surface area contributed by atoms with Crippen molar-refractivity contribution in [2.75, 3.05) is 13.2 Å². The van der Waals surface area contributed by atoms with Crippen molar-refractivity contribution in [2.24, 2.45) is 0 Å². The Morgan fingerprint density at radius 3 is 2.89 bits per heavy atom. The summed E-state index contributed by atoms with van der Waals surface area (Å²) >= 11 is 0. The summed E-state index contributed by atoms with van der Waals surface area (Å²) in [6.45, 7) is 1.76. The molecule has 1 aromatic carbocycles. The molecule has 1 heterocycles. The van der Waals surface area contributed by atoms with Crippen LogP contribution in [-0.4, -0.2) is 28.3 Å². The van der Waals surface area contributed by atoms with Gasteiger partial charge in [0.25, 0.3) is 0 Å². The topological polar surface area (TPSA) is 93.3 Å². The molecule has 7 nitrogen and oxygen atoms in total. The van der Waals surface area contributed by atoms with E-state index in [1.807, 2.05) is 0 Å². The molecule has 0 amide bonds. The number of ether oxygens (including phenoxy) is 1. The Morgan fingerprint density at radius 1 is 1.53 bits per heavy atom. The van der Waals surface area contributed by atoms with Crippen LogP contribution in [0.1, 0.15) is 12.7 Å². The summed E-state index contributed by atoms with van der Waals surface area (Å²) in [7, 11) is 0. The molecule has 19 heavy (non-hydrogen) atoms. The van der Waals surface area contributed by atoms with Crippen molar-refractivity contribution in [1.82, 2.24) is 9.94 Å². The van der Waals surface area contributed by atoms with Crippen LogP contribution in [-0.2, 0) is 6.42 Å². The maximum atomic E-state index is 11.9. The minimum atomic E-state index is -0.118. The van der Waals surface area contributed by atoms with Crippen molar-refractivity contribution in [3.05, 3.63) is 34.1 Å². The van der Waals surface area contributed by atoms with Crippen molar-refractivity contribution in [3.63, 3.8) is 0 Å². The molecule has 0 bridgehead atoms. The van der Waals surface area contributed by atoms with E-state index in [2.05, 4.69) is 5.10 Å². The third-order valence-electron chi connectivity index (χ3n) is 2.49. The lowest BCUT2D eigenvalue weighted by Crippen LogP contribution is -2.26. The highest BCUT2D eigenvalue weighted by molar-refractivity contribution is 5.85. The molecule has 0 aliphatic heterocycles. The fraction of sp³-hybridized carbons (Fsp3) is 0.364. The van der Waals surface area contributed by atoms with Crippen LogP contribution in [0.25, 0.3) is 11.0 Å². The van der Waals surface area contributed by atoms with E-state index in [0.29, 0.717) is 21.4 Å². The van der Waals surface area contributed by atoms with Gasteiger partial charge in [-0.1, -0.05) is 11.8 Å². The summed E-state index contributed by atoms with van der Waals surface area (Å²) in [5.74, 6) is 0.575. The molecule has 2 rings (SSSR count). The van der Waals surface area contributed by atoms with Crippen LogP contribution < -0.4 is 9.16 Å². The van der Waals surface area contributed by atoms with Crippen molar-refractivity contribution < 1.29 is 14.3 Å². The van der Waals surface area contributed by atoms with Gasteiger partial charge in [0.2, 0.25) is 5.52 Å². The van der Waals surface area contributed by atoms with Crippen molar-refractivity contribution in [2.45, 2.75) is 13.3 Å². The molecule has 0 fully saturated rings. The third kappa shape index (κ3) is 2.94. The highest BCUT2D eigenvalue weighted by Gasteiger charge is 2.15. The molecule has 0 radical (unpaired) electrons. The lowest BCUT2D eigenvalue weighted by atomic mass is 10.3. The van der Waals surface area contributed by atoms with Gasteiger partial charge in [0.1, 0.15) is 17.9 Å². The Balaban J connectivity index is 0.00000180. The number of aromatic nitrogens is 3. The standard InChI is InChI=1S/C11H13N3O4.ClH/c1-2-11-12-14(17)9-4-3-8(18-6-5-15)7-10(9)13(11)16;/h3-4,7,15H,2,5-6H2,1H3;1H. The molecule has 2 aromatic rings. The van der Waals surface area contributed by atoms with Gasteiger partial charge in [0.15, 0.2) is 0 Å². The number of hydrogen-bond donors (Lipinski definition) is 1. The number of benzene rings is 1. The Bertz CT molecular complexity index is 629. The first-order chi connectivity index (χ1) is 8.67. The van der Waals surface area contributed by atoms with Gasteiger partial charge in [0.05, 0.1) is 18.1 Å². The van der Waals surface area contributed by atoms with Gasteiger partial charge >= 0.3 is 5.82 Å². The third-order valence-corrected chi connectivity index (χ3v) is 2.49. The smallest absolute Gasteiger partial charge is 0.367 e. The maximum absolute atomic E-state index is 11.9. The molecule has 0 unspecified atom stereocenters. The van der Waals surface area contributed by atoms with Gasteiger partial charge in [-0.25, -0.2) is 0 Å². The van der Waals surface area contributed by atoms with E-state index < -0.39 is 0 Å². The van der Waals surface area contributed by atoms with Crippen LogP contribution in [0.5, 0.6) is 5.75 Å². The Morgan fingerprint density at radius 2 is 2.26 bits per heavy atom. The average Bonchev–Trinajstić information content (AvgIpc) is 2.40. The minimum absolute atomic E-state index is 0.